The maximum absolute atomic E-state index is 13.3. The Balaban J connectivity index is 1.75. The third-order valence-electron chi connectivity index (χ3n) is 6.35. The van der Waals surface area contributed by atoms with Crippen molar-refractivity contribution in [2.75, 3.05) is 25.7 Å². The van der Waals surface area contributed by atoms with Gasteiger partial charge in [0, 0.05) is 24.2 Å². The fourth-order valence-corrected chi connectivity index (χ4v) is 4.61. The zero-order valence-corrected chi connectivity index (χ0v) is 21.5. The van der Waals surface area contributed by atoms with Crippen molar-refractivity contribution in [3.63, 3.8) is 0 Å². The Morgan fingerprint density at radius 1 is 1.03 bits per heavy atom. The number of carbonyl (C=O) groups excluding carboxylic acids is 2. The highest BCUT2D eigenvalue weighted by atomic mass is 16.6. The van der Waals surface area contributed by atoms with Crippen molar-refractivity contribution in [1.82, 2.24) is 4.90 Å². The highest BCUT2D eigenvalue weighted by Crippen LogP contribution is 2.46. The molecule has 1 aliphatic heterocycles. The molecule has 0 saturated carbocycles. The molecule has 2 heterocycles. The molecule has 1 aliphatic rings. The van der Waals surface area contributed by atoms with Crippen molar-refractivity contribution in [2.45, 2.75) is 45.5 Å². The molecule has 1 aromatic heterocycles. The van der Waals surface area contributed by atoms with E-state index in [0.717, 1.165) is 11.1 Å². The van der Waals surface area contributed by atoms with E-state index < -0.39 is 18.2 Å². The lowest BCUT2D eigenvalue weighted by Crippen LogP contribution is -2.47. The maximum atomic E-state index is 13.3. The van der Waals surface area contributed by atoms with Crippen LogP contribution in [0.25, 0.3) is 0 Å². The Morgan fingerprint density at radius 2 is 1.76 bits per heavy atom. The van der Waals surface area contributed by atoms with Crippen LogP contribution in [0.2, 0.25) is 0 Å². The lowest BCUT2D eigenvalue weighted by molar-refractivity contribution is 0.0805. The van der Waals surface area contributed by atoms with Crippen LogP contribution >= 0.6 is 0 Å². The molecule has 0 N–H and O–H groups in total. The second-order valence-electron chi connectivity index (χ2n) is 8.68. The van der Waals surface area contributed by atoms with Crippen molar-refractivity contribution in [2.24, 2.45) is 0 Å². The Hall–Kier alpha value is -4.14. The fourth-order valence-electron chi connectivity index (χ4n) is 4.61. The average Bonchev–Trinajstić information content (AvgIpc) is 3.44. The van der Waals surface area contributed by atoms with E-state index in [1.54, 1.807) is 42.0 Å². The molecule has 0 saturated heterocycles. The number of rotatable bonds is 8. The summed E-state index contributed by atoms with van der Waals surface area (Å²) in [4.78, 5) is 29.8. The largest absolute Gasteiger partial charge is 0.493 e. The first-order chi connectivity index (χ1) is 18.0. The minimum Gasteiger partial charge on any atom is -0.493 e. The molecule has 0 bridgehead atoms. The van der Waals surface area contributed by atoms with E-state index >= 15 is 0 Å². The van der Waals surface area contributed by atoms with Crippen LogP contribution in [-0.4, -0.2) is 44.0 Å². The molecular weight excluding hydrogens is 476 g/mol. The summed E-state index contributed by atoms with van der Waals surface area (Å²) in [6.07, 6.45) is 1.03. The SMILES string of the molecule is CCOC(=O)N(Cc1ccccc1)[C@H]1C[C@@H](C)N(C(=O)OCc2ccco2)c2cc(OC)c(OC)cc21. The molecule has 0 aliphatic carbocycles. The van der Waals surface area contributed by atoms with E-state index in [2.05, 4.69) is 0 Å². The number of benzene rings is 2. The first-order valence-electron chi connectivity index (χ1n) is 12.2. The summed E-state index contributed by atoms with van der Waals surface area (Å²) in [7, 11) is 3.08. The summed E-state index contributed by atoms with van der Waals surface area (Å²) in [5.74, 6) is 1.50. The molecule has 0 radical (unpaired) electrons. The number of hydrogen-bond acceptors (Lipinski definition) is 7. The number of nitrogens with zero attached hydrogens (tertiary/aromatic N) is 2. The van der Waals surface area contributed by atoms with E-state index in [9.17, 15) is 9.59 Å². The van der Waals surface area contributed by atoms with Crippen LogP contribution in [0.15, 0.2) is 65.3 Å². The Labute approximate surface area is 216 Å². The number of carbonyl (C=O) groups is 2. The number of hydrogen-bond donors (Lipinski definition) is 0. The van der Waals surface area contributed by atoms with Crippen LogP contribution in [0.4, 0.5) is 15.3 Å². The van der Waals surface area contributed by atoms with Gasteiger partial charge in [0.15, 0.2) is 18.1 Å². The van der Waals surface area contributed by atoms with E-state index in [1.807, 2.05) is 43.3 Å². The Bertz CT molecular complexity index is 1200. The summed E-state index contributed by atoms with van der Waals surface area (Å²) in [5.41, 5.74) is 2.27. The summed E-state index contributed by atoms with van der Waals surface area (Å²) in [5, 5.41) is 0. The predicted molar refractivity (Wildman–Crippen MR) is 137 cm³/mol. The monoisotopic (exact) mass is 508 g/mol. The van der Waals surface area contributed by atoms with Gasteiger partial charge in [0.05, 0.1) is 38.8 Å². The van der Waals surface area contributed by atoms with Crippen molar-refractivity contribution >= 4 is 17.9 Å². The lowest BCUT2D eigenvalue weighted by Gasteiger charge is -2.42. The van der Waals surface area contributed by atoms with Crippen molar-refractivity contribution in [1.29, 1.82) is 0 Å². The van der Waals surface area contributed by atoms with Gasteiger partial charge in [-0.1, -0.05) is 30.3 Å². The zero-order valence-electron chi connectivity index (χ0n) is 21.5. The van der Waals surface area contributed by atoms with Crippen molar-refractivity contribution < 1.29 is 33.0 Å². The van der Waals surface area contributed by atoms with Crippen molar-refractivity contribution in [3.05, 3.63) is 77.7 Å². The van der Waals surface area contributed by atoms with Gasteiger partial charge < -0.3 is 23.4 Å². The van der Waals surface area contributed by atoms with Crippen LogP contribution in [0.3, 0.4) is 0 Å². The molecule has 9 heteroatoms. The molecule has 196 valence electrons. The van der Waals surface area contributed by atoms with Gasteiger partial charge in [-0.25, -0.2) is 9.59 Å². The zero-order chi connectivity index (χ0) is 26.4. The van der Waals surface area contributed by atoms with Gasteiger partial charge in [-0.3, -0.25) is 9.80 Å². The highest BCUT2D eigenvalue weighted by molar-refractivity contribution is 5.91. The summed E-state index contributed by atoms with van der Waals surface area (Å²) in [6.45, 7) is 4.29. The first kappa shape index (κ1) is 25.9. The van der Waals surface area contributed by atoms with Gasteiger partial charge in [0.2, 0.25) is 0 Å². The topological polar surface area (TPSA) is 90.7 Å². The first-order valence-corrected chi connectivity index (χ1v) is 12.2. The molecule has 2 amide bonds. The summed E-state index contributed by atoms with van der Waals surface area (Å²) in [6, 6.07) is 16.1. The number of amides is 2. The van der Waals surface area contributed by atoms with Crippen LogP contribution in [-0.2, 0) is 22.6 Å². The normalized spacial score (nSPS) is 16.5. The number of ether oxygens (including phenoxy) is 4. The molecular formula is C28H32N2O7. The van der Waals surface area contributed by atoms with E-state index in [4.69, 9.17) is 23.4 Å². The smallest absolute Gasteiger partial charge is 0.414 e. The predicted octanol–water partition coefficient (Wildman–Crippen LogP) is 5.93. The number of furan rings is 1. The number of anilines is 1. The molecule has 0 spiro atoms. The van der Waals surface area contributed by atoms with Gasteiger partial charge in [-0.2, -0.15) is 0 Å². The number of methoxy groups -OCH3 is 2. The Kier molecular flexibility index (Phi) is 8.22. The van der Waals surface area contributed by atoms with E-state index in [0.29, 0.717) is 35.9 Å². The quantitative estimate of drug-likeness (QED) is 0.372. The van der Waals surface area contributed by atoms with Crippen molar-refractivity contribution in [3.8, 4) is 11.5 Å². The molecule has 4 rings (SSSR count). The molecule has 0 fully saturated rings. The van der Waals surface area contributed by atoms with Crippen LogP contribution in [0, 0.1) is 0 Å². The molecule has 9 nitrogen and oxygen atoms in total. The minimum absolute atomic E-state index is 0.00403. The van der Waals surface area contributed by atoms with Crippen LogP contribution in [0.5, 0.6) is 11.5 Å². The molecule has 37 heavy (non-hydrogen) atoms. The Morgan fingerprint density at radius 3 is 2.41 bits per heavy atom. The standard InChI is InChI=1S/C28H32N2O7/c1-5-35-27(31)29(17-20-10-7-6-8-11-20)23-14-19(2)30(28(32)37-18-21-12-9-13-36-21)24-16-26(34-4)25(33-3)15-22(23)24/h6-13,15-16,19,23H,5,14,17-18H2,1-4H3/t19-,23+/m1/s1. The van der Waals surface area contributed by atoms with Gasteiger partial charge in [-0.05, 0) is 44.0 Å². The van der Waals surface area contributed by atoms with Gasteiger partial charge in [0.1, 0.15) is 5.76 Å². The molecule has 2 atom stereocenters. The second kappa shape index (κ2) is 11.7. The molecule has 3 aromatic rings. The molecule has 2 aromatic carbocycles. The molecule has 0 unspecified atom stereocenters. The third kappa shape index (κ3) is 5.66. The minimum atomic E-state index is -0.526. The van der Waals surface area contributed by atoms with Crippen LogP contribution in [0.1, 0.15) is 43.2 Å². The lowest BCUT2D eigenvalue weighted by atomic mass is 9.90. The fraction of sp³-hybridized carbons (Fsp3) is 0.357. The maximum Gasteiger partial charge on any atom is 0.414 e. The third-order valence-corrected chi connectivity index (χ3v) is 6.35. The second-order valence-corrected chi connectivity index (χ2v) is 8.68. The van der Waals surface area contributed by atoms with Gasteiger partial charge in [-0.15, -0.1) is 0 Å². The highest BCUT2D eigenvalue weighted by Gasteiger charge is 2.40. The van der Waals surface area contributed by atoms with Crippen LogP contribution < -0.4 is 14.4 Å². The summed E-state index contributed by atoms with van der Waals surface area (Å²) < 4.78 is 27.4. The van der Waals surface area contributed by atoms with E-state index in [-0.39, 0.29) is 19.3 Å². The van der Waals surface area contributed by atoms with Gasteiger partial charge in [0.25, 0.3) is 0 Å². The van der Waals surface area contributed by atoms with Gasteiger partial charge >= 0.3 is 12.2 Å². The average molecular weight is 509 g/mol. The van der Waals surface area contributed by atoms with E-state index in [1.165, 1.54) is 13.4 Å². The number of fused-ring (bicyclic) bond motifs is 1. The summed E-state index contributed by atoms with van der Waals surface area (Å²) >= 11 is 0.